The van der Waals surface area contributed by atoms with Crippen molar-refractivity contribution in [2.45, 2.75) is 19.1 Å². The van der Waals surface area contributed by atoms with Crippen LogP contribution in [-0.4, -0.2) is 21.9 Å². The summed E-state index contributed by atoms with van der Waals surface area (Å²) >= 11 is 1.22. The molecule has 1 aromatic carbocycles. The van der Waals surface area contributed by atoms with E-state index in [0.717, 1.165) is 11.3 Å². The van der Waals surface area contributed by atoms with E-state index in [2.05, 4.69) is 15.5 Å². The monoisotopic (exact) mass is 263 g/mol. The summed E-state index contributed by atoms with van der Waals surface area (Å²) in [5.74, 6) is 0.647. The Hall–Kier alpha value is -1.82. The van der Waals surface area contributed by atoms with Gasteiger partial charge in [-0.2, -0.15) is 0 Å². The molecule has 0 radical (unpaired) electrons. The minimum absolute atomic E-state index is 0.0959. The Morgan fingerprint density at radius 1 is 1.39 bits per heavy atom. The fraction of sp³-hybridized carbons (Fsp3) is 0.250. The van der Waals surface area contributed by atoms with Crippen molar-refractivity contribution < 1.29 is 9.21 Å². The number of benzene rings is 1. The standard InChI is InChI=1S/C12H13N3O2S/c1-8-4-3-5-10(6-8)13-11(16)7-18-12-15-14-9(2)17-12/h3-6H,7H2,1-2H3,(H,13,16). The van der Waals surface area contributed by atoms with Crippen LogP contribution in [0.15, 0.2) is 33.9 Å². The first-order valence-electron chi connectivity index (χ1n) is 5.43. The molecule has 0 bridgehead atoms. The number of hydrogen-bond acceptors (Lipinski definition) is 5. The number of amides is 1. The van der Waals surface area contributed by atoms with Crippen LogP contribution in [0.3, 0.4) is 0 Å². The molecule has 1 amide bonds. The number of anilines is 1. The average Bonchev–Trinajstić information content (AvgIpc) is 2.73. The molecule has 18 heavy (non-hydrogen) atoms. The number of nitrogens with zero attached hydrogens (tertiary/aromatic N) is 2. The van der Waals surface area contributed by atoms with E-state index in [4.69, 9.17) is 4.42 Å². The lowest BCUT2D eigenvalue weighted by Gasteiger charge is -2.04. The van der Waals surface area contributed by atoms with Crippen molar-refractivity contribution in [2.24, 2.45) is 0 Å². The van der Waals surface area contributed by atoms with Gasteiger partial charge in [-0.25, -0.2) is 0 Å². The fourth-order valence-electron chi connectivity index (χ4n) is 1.38. The Kier molecular flexibility index (Phi) is 3.99. The van der Waals surface area contributed by atoms with E-state index in [-0.39, 0.29) is 11.7 Å². The topological polar surface area (TPSA) is 68.0 Å². The van der Waals surface area contributed by atoms with Gasteiger partial charge in [0.05, 0.1) is 5.75 Å². The second kappa shape index (κ2) is 5.68. The summed E-state index contributed by atoms with van der Waals surface area (Å²) in [6, 6.07) is 7.65. The molecule has 0 spiro atoms. The van der Waals surface area contributed by atoms with E-state index in [0.29, 0.717) is 11.1 Å². The van der Waals surface area contributed by atoms with Crippen LogP contribution in [0.4, 0.5) is 5.69 Å². The second-order valence-electron chi connectivity index (χ2n) is 3.79. The van der Waals surface area contributed by atoms with Gasteiger partial charge in [-0.3, -0.25) is 4.79 Å². The predicted octanol–water partition coefficient (Wildman–Crippen LogP) is 2.42. The molecule has 1 heterocycles. The Bertz CT molecular complexity index is 554. The summed E-state index contributed by atoms with van der Waals surface area (Å²) in [6.07, 6.45) is 0. The van der Waals surface area contributed by atoms with E-state index in [1.54, 1.807) is 6.92 Å². The van der Waals surface area contributed by atoms with E-state index in [1.807, 2.05) is 31.2 Å². The maximum atomic E-state index is 11.7. The van der Waals surface area contributed by atoms with Gasteiger partial charge in [0, 0.05) is 12.6 Å². The molecule has 0 aliphatic carbocycles. The highest BCUT2D eigenvalue weighted by Crippen LogP contribution is 2.16. The normalized spacial score (nSPS) is 10.3. The highest BCUT2D eigenvalue weighted by molar-refractivity contribution is 7.99. The molecule has 6 heteroatoms. The van der Waals surface area contributed by atoms with Crippen LogP contribution in [0.5, 0.6) is 0 Å². The summed E-state index contributed by atoms with van der Waals surface area (Å²) in [5.41, 5.74) is 1.90. The second-order valence-corrected chi connectivity index (χ2v) is 4.72. The van der Waals surface area contributed by atoms with E-state index in [1.165, 1.54) is 11.8 Å². The molecule has 94 valence electrons. The van der Waals surface area contributed by atoms with Crippen LogP contribution in [-0.2, 0) is 4.79 Å². The maximum Gasteiger partial charge on any atom is 0.277 e. The minimum atomic E-state index is -0.0959. The zero-order chi connectivity index (χ0) is 13.0. The Morgan fingerprint density at radius 2 is 2.22 bits per heavy atom. The molecule has 0 fully saturated rings. The van der Waals surface area contributed by atoms with Crippen LogP contribution in [0, 0.1) is 13.8 Å². The predicted molar refractivity (Wildman–Crippen MR) is 69.6 cm³/mol. The van der Waals surface area contributed by atoms with Crippen LogP contribution >= 0.6 is 11.8 Å². The molecule has 2 rings (SSSR count). The Balaban J connectivity index is 1.85. The number of thioether (sulfide) groups is 1. The zero-order valence-corrected chi connectivity index (χ0v) is 11.0. The number of carbonyl (C=O) groups is 1. The average molecular weight is 263 g/mol. The van der Waals surface area contributed by atoms with Gasteiger partial charge in [0.25, 0.3) is 5.22 Å². The lowest BCUT2D eigenvalue weighted by atomic mass is 10.2. The van der Waals surface area contributed by atoms with Gasteiger partial charge in [-0.15, -0.1) is 10.2 Å². The lowest BCUT2D eigenvalue weighted by molar-refractivity contribution is -0.113. The van der Waals surface area contributed by atoms with Gasteiger partial charge in [-0.05, 0) is 24.6 Å². The van der Waals surface area contributed by atoms with Crippen molar-refractivity contribution in [3.05, 3.63) is 35.7 Å². The molecule has 1 aromatic heterocycles. The third-order valence-electron chi connectivity index (χ3n) is 2.14. The van der Waals surface area contributed by atoms with Crippen LogP contribution in [0.2, 0.25) is 0 Å². The van der Waals surface area contributed by atoms with E-state index < -0.39 is 0 Å². The summed E-state index contributed by atoms with van der Waals surface area (Å²) in [5, 5.41) is 10.7. The first kappa shape index (κ1) is 12.6. The number of nitrogens with one attached hydrogen (secondary N) is 1. The molecule has 0 saturated heterocycles. The molecule has 5 nitrogen and oxygen atoms in total. The smallest absolute Gasteiger partial charge is 0.277 e. The molecule has 0 saturated carbocycles. The summed E-state index contributed by atoms with van der Waals surface area (Å²) in [7, 11) is 0. The molecule has 0 aliphatic heterocycles. The van der Waals surface area contributed by atoms with Gasteiger partial charge >= 0.3 is 0 Å². The van der Waals surface area contributed by atoms with Gasteiger partial charge < -0.3 is 9.73 Å². The van der Waals surface area contributed by atoms with Gasteiger partial charge in [0.15, 0.2) is 0 Å². The number of rotatable bonds is 4. The van der Waals surface area contributed by atoms with Crippen molar-refractivity contribution in [3.63, 3.8) is 0 Å². The molecule has 0 aliphatic rings. The number of hydrogen-bond donors (Lipinski definition) is 1. The SMILES string of the molecule is Cc1cccc(NC(=O)CSc2nnc(C)o2)c1. The molecule has 1 N–H and O–H groups in total. The minimum Gasteiger partial charge on any atom is -0.416 e. The highest BCUT2D eigenvalue weighted by Gasteiger charge is 2.08. The van der Waals surface area contributed by atoms with Crippen LogP contribution < -0.4 is 5.32 Å². The van der Waals surface area contributed by atoms with Crippen molar-refractivity contribution in [1.82, 2.24) is 10.2 Å². The summed E-state index contributed by atoms with van der Waals surface area (Å²) in [4.78, 5) is 11.7. The highest BCUT2D eigenvalue weighted by atomic mass is 32.2. The van der Waals surface area contributed by atoms with Crippen molar-refractivity contribution in [1.29, 1.82) is 0 Å². The summed E-state index contributed by atoms with van der Waals surface area (Å²) < 4.78 is 5.16. The molecule has 2 aromatic rings. The molecule has 0 atom stereocenters. The molecule has 0 unspecified atom stereocenters. The number of aryl methyl sites for hydroxylation is 2. The molecular weight excluding hydrogens is 250 g/mol. The lowest BCUT2D eigenvalue weighted by Crippen LogP contribution is -2.13. The molecular formula is C12H13N3O2S. The van der Waals surface area contributed by atoms with Gasteiger partial charge in [-0.1, -0.05) is 23.9 Å². The van der Waals surface area contributed by atoms with Crippen LogP contribution in [0.25, 0.3) is 0 Å². The first-order valence-corrected chi connectivity index (χ1v) is 6.41. The van der Waals surface area contributed by atoms with E-state index >= 15 is 0 Å². The van der Waals surface area contributed by atoms with Crippen molar-refractivity contribution >= 4 is 23.4 Å². The maximum absolute atomic E-state index is 11.7. The quantitative estimate of drug-likeness (QED) is 0.858. The zero-order valence-electron chi connectivity index (χ0n) is 10.1. The summed E-state index contributed by atoms with van der Waals surface area (Å²) in [6.45, 7) is 3.69. The third-order valence-corrected chi connectivity index (χ3v) is 2.95. The first-order chi connectivity index (χ1) is 8.63. The van der Waals surface area contributed by atoms with Gasteiger partial charge in [0.1, 0.15) is 0 Å². The Labute approximate surface area is 109 Å². The van der Waals surface area contributed by atoms with Crippen molar-refractivity contribution in [2.75, 3.05) is 11.1 Å². The fourth-order valence-corrected chi connectivity index (χ4v) is 1.99. The number of carbonyl (C=O) groups excluding carboxylic acids is 1. The Morgan fingerprint density at radius 3 is 2.89 bits per heavy atom. The van der Waals surface area contributed by atoms with Crippen molar-refractivity contribution in [3.8, 4) is 0 Å². The third kappa shape index (κ3) is 3.59. The number of aromatic nitrogens is 2. The van der Waals surface area contributed by atoms with Crippen LogP contribution in [0.1, 0.15) is 11.5 Å². The van der Waals surface area contributed by atoms with Gasteiger partial charge in [0.2, 0.25) is 11.8 Å². The van der Waals surface area contributed by atoms with E-state index in [9.17, 15) is 4.79 Å². The largest absolute Gasteiger partial charge is 0.416 e.